The molecule has 172 valence electrons. The number of nitrogens with one attached hydrogen (secondary N) is 1. The van der Waals surface area contributed by atoms with Crippen LogP contribution >= 0.6 is 0 Å². The van der Waals surface area contributed by atoms with Gasteiger partial charge in [0.25, 0.3) is 5.91 Å². The highest BCUT2D eigenvalue weighted by Crippen LogP contribution is 2.19. The van der Waals surface area contributed by atoms with E-state index in [0.29, 0.717) is 38.3 Å². The SMILES string of the molecule is Cc1cc(C(=O)NCC(=O)N2CCN(c3ccc(OCC4=CC=CCC4)cn3)CC2)ccn1. The summed E-state index contributed by atoms with van der Waals surface area (Å²) in [6.07, 6.45) is 11.8. The van der Waals surface area contributed by atoms with E-state index in [0.717, 1.165) is 30.1 Å². The molecule has 0 spiro atoms. The van der Waals surface area contributed by atoms with Gasteiger partial charge in [-0.2, -0.15) is 0 Å². The van der Waals surface area contributed by atoms with Gasteiger partial charge in [0.1, 0.15) is 18.2 Å². The minimum Gasteiger partial charge on any atom is -0.488 e. The third kappa shape index (κ3) is 6.19. The second-order valence-electron chi connectivity index (χ2n) is 8.17. The first-order chi connectivity index (χ1) is 16.1. The Morgan fingerprint density at radius 3 is 2.67 bits per heavy atom. The summed E-state index contributed by atoms with van der Waals surface area (Å²) in [6, 6.07) is 7.24. The summed E-state index contributed by atoms with van der Waals surface area (Å²) in [4.78, 5) is 37.3. The van der Waals surface area contributed by atoms with Gasteiger partial charge in [0, 0.05) is 43.6 Å². The molecule has 4 rings (SSSR count). The first-order valence-electron chi connectivity index (χ1n) is 11.3. The average molecular weight is 448 g/mol. The number of hydrogen-bond donors (Lipinski definition) is 1. The smallest absolute Gasteiger partial charge is 0.251 e. The van der Waals surface area contributed by atoms with Gasteiger partial charge in [-0.15, -0.1) is 0 Å². The Balaban J connectivity index is 1.21. The minimum absolute atomic E-state index is 0.0171. The number of nitrogens with zero attached hydrogens (tertiary/aromatic N) is 4. The van der Waals surface area contributed by atoms with Gasteiger partial charge in [-0.3, -0.25) is 14.6 Å². The van der Waals surface area contributed by atoms with Crippen LogP contribution in [0.5, 0.6) is 5.75 Å². The summed E-state index contributed by atoms with van der Waals surface area (Å²) in [6.45, 7) is 4.95. The molecular formula is C25H29N5O3. The fourth-order valence-corrected chi connectivity index (χ4v) is 3.84. The third-order valence-electron chi connectivity index (χ3n) is 5.76. The first-order valence-corrected chi connectivity index (χ1v) is 11.3. The van der Waals surface area contributed by atoms with Crippen LogP contribution < -0.4 is 15.0 Å². The monoisotopic (exact) mass is 447 g/mol. The molecule has 0 atom stereocenters. The molecule has 1 aliphatic carbocycles. The largest absolute Gasteiger partial charge is 0.488 e. The highest BCUT2D eigenvalue weighted by atomic mass is 16.5. The molecule has 2 amide bonds. The van der Waals surface area contributed by atoms with E-state index in [1.54, 1.807) is 29.4 Å². The molecule has 1 saturated heterocycles. The highest BCUT2D eigenvalue weighted by Gasteiger charge is 2.22. The summed E-state index contributed by atoms with van der Waals surface area (Å²) in [7, 11) is 0. The maximum absolute atomic E-state index is 12.5. The fourth-order valence-electron chi connectivity index (χ4n) is 3.84. The van der Waals surface area contributed by atoms with Crippen molar-refractivity contribution in [3.05, 3.63) is 71.7 Å². The lowest BCUT2D eigenvalue weighted by Gasteiger charge is -2.35. The number of rotatable bonds is 7. The number of carbonyl (C=O) groups excluding carboxylic acids is 2. The Hall–Kier alpha value is -3.68. The molecule has 3 heterocycles. The van der Waals surface area contributed by atoms with E-state index in [1.165, 1.54) is 5.57 Å². The Morgan fingerprint density at radius 1 is 1.12 bits per heavy atom. The Morgan fingerprint density at radius 2 is 1.97 bits per heavy atom. The standard InChI is InChI=1S/C25H29N5O3/c1-19-15-21(9-10-26-19)25(32)28-17-24(31)30-13-11-29(12-14-30)23-8-7-22(16-27-23)33-18-20-5-3-2-4-6-20/h2-3,5,7-10,15-16H,4,6,11-14,17-18H2,1H3,(H,28,32). The van der Waals surface area contributed by atoms with E-state index in [-0.39, 0.29) is 18.4 Å². The molecule has 0 saturated carbocycles. The molecule has 2 aliphatic rings. The van der Waals surface area contributed by atoms with Crippen LogP contribution in [0.2, 0.25) is 0 Å². The molecule has 0 radical (unpaired) electrons. The van der Waals surface area contributed by atoms with Gasteiger partial charge >= 0.3 is 0 Å². The average Bonchev–Trinajstić information content (AvgIpc) is 2.87. The minimum atomic E-state index is -0.268. The summed E-state index contributed by atoms with van der Waals surface area (Å²) in [5.74, 6) is 1.27. The van der Waals surface area contributed by atoms with E-state index in [2.05, 4.69) is 38.4 Å². The molecule has 1 aliphatic heterocycles. The van der Waals surface area contributed by atoms with Gasteiger partial charge in [-0.1, -0.05) is 18.2 Å². The highest BCUT2D eigenvalue weighted by molar-refractivity contribution is 5.96. The second kappa shape index (κ2) is 10.8. The van der Waals surface area contributed by atoms with Crippen molar-refractivity contribution < 1.29 is 14.3 Å². The number of carbonyl (C=O) groups is 2. The number of allylic oxidation sites excluding steroid dienone is 3. The van der Waals surface area contributed by atoms with Crippen molar-refractivity contribution >= 4 is 17.6 Å². The third-order valence-corrected chi connectivity index (χ3v) is 5.76. The zero-order valence-corrected chi connectivity index (χ0v) is 18.9. The van der Waals surface area contributed by atoms with Crippen LogP contribution in [0, 0.1) is 6.92 Å². The van der Waals surface area contributed by atoms with E-state index in [1.807, 2.05) is 19.1 Å². The van der Waals surface area contributed by atoms with Crippen LogP contribution in [0.1, 0.15) is 28.9 Å². The van der Waals surface area contributed by atoms with Crippen molar-refractivity contribution in [1.82, 2.24) is 20.2 Å². The molecule has 8 nitrogen and oxygen atoms in total. The van der Waals surface area contributed by atoms with E-state index < -0.39 is 0 Å². The number of anilines is 1. The number of pyridine rings is 2. The van der Waals surface area contributed by atoms with Gasteiger partial charge < -0.3 is 19.9 Å². The fraction of sp³-hybridized carbons (Fsp3) is 0.360. The Kier molecular flexibility index (Phi) is 7.34. The second-order valence-corrected chi connectivity index (χ2v) is 8.17. The van der Waals surface area contributed by atoms with Gasteiger partial charge in [0.05, 0.1) is 12.7 Å². The molecule has 0 bridgehead atoms. The molecular weight excluding hydrogens is 418 g/mol. The summed E-state index contributed by atoms with van der Waals surface area (Å²) >= 11 is 0. The lowest BCUT2D eigenvalue weighted by atomic mass is 10.1. The van der Waals surface area contributed by atoms with Crippen LogP contribution in [-0.4, -0.2) is 66.0 Å². The molecule has 0 unspecified atom stereocenters. The summed E-state index contributed by atoms with van der Waals surface area (Å²) in [5, 5.41) is 2.70. The number of aryl methyl sites for hydroxylation is 1. The Bertz CT molecular complexity index is 1040. The molecule has 33 heavy (non-hydrogen) atoms. The number of aromatic nitrogens is 2. The maximum Gasteiger partial charge on any atom is 0.251 e. The van der Waals surface area contributed by atoms with Crippen molar-refractivity contribution in [3.63, 3.8) is 0 Å². The van der Waals surface area contributed by atoms with Crippen LogP contribution in [0.3, 0.4) is 0 Å². The predicted molar refractivity (Wildman–Crippen MR) is 126 cm³/mol. The van der Waals surface area contributed by atoms with E-state index >= 15 is 0 Å². The Labute approximate surface area is 194 Å². The van der Waals surface area contributed by atoms with Crippen molar-refractivity contribution in [1.29, 1.82) is 0 Å². The lowest BCUT2D eigenvalue weighted by molar-refractivity contribution is -0.130. The molecule has 1 N–H and O–H groups in total. The number of hydrogen-bond acceptors (Lipinski definition) is 6. The molecule has 0 aromatic carbocycles. The zero-order chi connectivity index (χ0) is 23.0. The van der Waals surface area contributed by atoms with E-state index in [9.17, 15) is 9.59 Å². The summed E-state index contributed by atoms with van der Waals surface area (Å²) in [5.41, 5.74) is 2.55. The first kappa shape index (κ1) is 22.5. The van der Waals surface area contributed by atoms with Gasteiger partial charge in [-0.05, 0) is 49.6 Å². The molecule has 1 fully saturated rings. The number of piperazine rings is 1. The van der Waals surface area contributed by atoms with Crippen molar-refractivity contribution in [2.45, 2.75) is 19.8 Å². The van der Waals surface area contributed by atoms with Crippen molar-refractivity contribution in [3.8, 4) is 5.75 Å². The topological polar surface area (TPSA) is 87.7 Å². The maximum atomic E-state index is 12.5. The van der Waals surface area contributed by atoms with Gasteiger partial charge in [0.15, 0.2) is 0 Å². The van der Waals surface area contributed by atoms with Crippen LogP contribution in [-0.2, 0) is 4.79 Å². The van der Waals surface area contributed by atoms with Crippen LogP contribution in [0.4, 0.5) is 5.82 Å². The van der Waals surface area contributed by atoms with Crippen molar-refractivity contribution in [2.24, 2.45) is 0 Å². The lowest BCUT2D eigenvalue weighted by Crippen LogP contribution is -2.51. The van der Waals surface area contributed by atoms with Gasteiger partial charge in [0.2, 0.25) is 5.91 Å². The summed E-state index contributed by atoms with van der Waals surface area (Å²) < 4.78 is 5.85. The zero-order valence-electron chi connectivity index (χ0n) is 18.9. The van der Waals surface area contributed by atoms with E-state index in [4.69, 9.17) is 4.74 Å². The van der Waals surface area contributed by atoms with Crippen LogP contribution in [0.25, 0.3) is 0 Å². The molecule has 2 aromatic rings. The molecule has 8 heteroatoms. The predicted octanol–water partition coefficient (Wildman–Crippen LogP) is 2.52. The van der Waals surface area contributed by atoms with Crippen molar-refractivity contribution in [2.75, 3.05) is 44.2 Å². The molecule has 2 aromatic heterocycles. The quantitative estimate of drug-likeness (QED) is 0.702. The van der Waals surface area contributed by atoms with Gasteiger partial charge in [-0.25, -0.2) is 4.98 Å². The van der Waals surface area contributed by atoms with Crippen LogP contribution in [0.15, 0.2) is 60.5 Å². The normalized spacial score (nSPS) is 15.7. The number of ether oxygens (including phenoxy) is 1. The number of amides is 2.